The molecule has 1 fully saturated rings. The van der Waals surface area contributed by atoms with E-state index in [4.69, 9.17) is 19.3 Å². The van der Waals surface area contributed by atoms with Crippen molar-refractivity contribution in [1.82, 2.24) is 0 Å². The zero-order valence-electron chi connectivity index (χ0n) is 9.16. The highest BCUT2D eigenvalue weighted by atomic mass is 16.7. The Morgan fingerprint density at radius 3 is 2.79 bits per heavy atom. The maximum atomic E-state index is 8.99. The Balaban J connectivity index is 2.03. The fourth-order valence-electron chi connectivity index (χ4n) is 1.31. The van der Waals surface area contributed by atoms with Gasteiger partial charge in [0.15, 0.2) is 5.79 Å². The van der Waals surface area contributed by atoms with Crippen LogP contribution in [0.2, 0.25) is 0 Å². The Labute approximate surface area is 85.2 Å². The lowest BCUT2D eigenvalue weighted by atomic mass is 10.3. The zero-order valence-corrected chi connectivity index (χ0v) is 9.16. The quantitative estimate of drug-likeness (QED) is 0.677. The Morgan fingerprint density at radius 2 is 2.29 bits per heavy atom. The van der Waals surface area contributed by atoms with Gasteiger partial charge in [-0.05, 0) is 27.2 Å². The minimum atomic E-state index is -0.474. The fraction of sp³-hybridized carbons (Fsp3) is 1.00. The van der Waals surface area contributed by atoms with E-state index in [0.717, 1.165) is 0 Å². The molecule has 1 heterocycles. The van der Waals surface area contributed by atoms with Gasteiger partial charge in [-0.3, -0.25) is 0 Å². The van der Waals surface area contributed by atoms with Crippen molar-refractivity contribution in [1.29, 1.82) is 0 Å². The van der Waals surface area contributed by atoms with E-state index in [1.807, 2.05) is 13.8 Å². The number of aliphatic hydroxyl groups excluding tert-OH is 1. The first-order chi connectivity index (χ1) is 6.49. The Morgan fingerprint density at radius 1 is 1.57 bits per heavy atom. The molecule has 1 saturated heterocycles. The lowest BCUT2D eigenvalue weighted by Crippen LogP contribution is -2.24. The first kappa shape index (κ1) is 11.9. The standard InChI is InChI=1S/C10H20O4/c1-8(11)4-5-12-6-9-7-13-10(2,3)14-9/h8-9,11H,4-7H2,1-3H3/t8-,9-/m1/s1. The molecule has 1 rings (SSSR count). The minimum Gasteiger partial charge on any atom is -0.393 e. The van der Waals surface area contributed by atoms with Gasteiger partial charge in [0.2, 0.25) is 0 Å². The van der Waals surface area contributed by atoms with Crippen LogP contribution in [0.1, 0.15) is 27.2 Å². The van der Waals surface area contributed by atoms with Crippen molar-refractivity contribution in [2.24, 2.45) is 0 Å². The van der Waals surface area contributed by atoms with E-state index in [-0.39, 0.29) is 12.2 Å². The molecule has 1 aliphatic rings. The van der Waals surface area contributed by atoms with Crippen LogP contribution in [0.4, 0.5) is 0 Å². The summed E-state index contributed by atoms with van der Waals surface area (Å²) in [7, 11) is 0. The van der Waals surface area contributed by atoms with Crippen molar-refractivity contribution in [3.05, 3.63) is 0 Å². The summed E-state index contributed by atoms with van der Waals surface area (Å²) in [6.07, 6.45) is 0.392. The van der Waals surface area contributed by atoms with Gasteiger partial charge < -0.3 is 19.3 Å². The normalized spacial score (nSPS) is 27.9. The second kappa shape index (κ2) is 5.07. The highest BCUT2D eigenvalue weighted by Gasteiger charge is 2.32. The Hall–Kier alpha value is -0.160. The van der Waals surface area contributed by atoms with E-state index in [1.54, 1.807) is 6.92 Å². The molecule has 1 N–H and O–H groups in total. The summed E-state index contributed by atoms with van der Waals surface area (Å²) in [4.78, 5) is 0. The van der Waals surface area contributed by atoms with Crippen molar-refractivity contribution in [3.63, 3.8) is 0 Å². The largest absolute Gasteiger partial charge is 0.393 e. The molecule has 84 valence electrons. The lowest BCUT2D eigenvalue weighted by molar-refractivity contribution is -0.145. The number of aliphatic hydroxyl groups is 1. The summed E-state index contributed by atoms with van der Waals surface area (Å²) in [5.74, 6) is -0.474. The third kappa shape index (κ3) is 4.37. The van der Waals surface area contributed by atoms with Crippen molar-refractivity contribution in [3.8, 4) is 0 Å². The van der Waals surface area contributed by atoms with Crippen LogP contribution >= 0.6 is 0 Å². The molecule has 0 amide bonds. The summed E-state index contributed by atoms with van der Waals surface area (Å²) in [6, 6.07) is 0. The maximum Gasteiger partial charge on any atom is 0.163 e. The SMILES string of the molecule is C[C@@H](O)CCOC[C@@H]1COC(C)(C)O1. The molecule has 4 nitrogen and oxygen atoms in total. The molecular weight excluding hydrogens is 184 g/mol. The maximum absolute atomic E-state index is 8.99. The van der Waals surface area contributed by atoms with Gasteiger partial charge in [0.05, 0.1) is 19.3 Å². The molecule has 0 spiro atoms. The smallest absolute Gasteiger partial charge is 0.163 e. The molecule has 0 aromatic carbocycles. The van der Waals surface area contributed by atoms with Gasteiger partial charge >= 0.3 is 0 Å². The van der Waals surface area contributed by atoms with Crippen LogP contribution in [0.3, 0.4) is 0 Å². The number of hydrogen-bond acceptors (Lipinski definition) is 4. The average Bonchev–Trinajstić information content (AvgIpc) is 2.39. The van der Waals surface area contributed by atoms with Gasteiger partial charge in [0, 0.05) is 6.61 Å². The van der Waals surface area contributed by atoms with Crippen LogP contribution in [-0.4, -0.2) is 42.9 Å². The Bertz CT molecular complexity index is 168. The molecule has 0 aromatic rings. The lowest BCUT2D eigenvalue weighted by Gasteiger charge is -2.17. The first-order valence-corrected chi connectivity index (χ1v) is 5.07. The second-order valence-corrected chi connectivity index (χ2v) is 4.16. The topological polar surface area (TPSA) is 47.9 Å². The van der Waals surface area contributed by atoms with E-state index < -0.39 is 5.79 Å². The van der Waals surface area contributed by atoms with Crippen LogP contribution in [0.5, 0.6) is 0 Å². The van der Waals surface area contributed by atoms with Crippen LogP contribution in [0.15, 0.2) is 0 Å². The predicted molar refractivity (Wildman–Crippen MR) is 52.0 cm³/mol. The molecule has 0 saturated carbocycles. The minimum absolute atomic E-state index is 0.0269. The third-order valence-corrected chi connectivity index (χ3v) is 2.05. The van der Waals surface area contributed by atoms with Crippen LogP contribution < -0.4 is 0 Å². The molecule has 2 atom stereocenters. The van der Waals surface area contributed by atoms with Crippen molar-refractivity contribution >= 4 is 0 Å². The molecule has 14 heavy (non-hydrogen) atoms. The van der Waals surface area contributed by atoms with Gasteiger partial charge in [-0.15, -0.1) is 0 Å². The summed E-state index contributed by atoms with van der Waals surface area (Å²) < 4.78 is 16.3. The van der Waals surface area contributed by atoms with Crippen molar-refractivity contribution in [2.45, 2.75) is 45.2 Å². The highest BCUT2D eigenvalue weighted by Crippen LogP contribution is 2.22. The van der Waals surface area contributed by atoms with E-state index in [0.29, 0.717) is 26.2 Å². The van der Waals surface area contributed by atoms with Gasteiger partial charge in [0.1, 0.15) is 6.10 Å². The monoisotopic (exact) mass is 204 g/mol. The summed E-state index contributed by atoms with van der Waals surface area (Å²) in [5, 5.41) is 8.99. The second-order valence-electron chi connectivity index (χ2n) is 4.16. The van der Waals surface area contributed by atoms with Crippen LogP contribution in [0.25, 0.3) is 0 Å². The van der Waals surface area contributed by atoms with Crippen LogP contribution in [-0.2, 0) is 14.2 Å². The zero-order chi connectivity index (χ0) is 10.6. The fourth-order valence-corrected chi connectivity index (χ4v) is 1.31. The molecule has 0 aromatic heterocycles. The van der Waals surface area contributed by atoms with Gasteiger partial charge in [-0.1, -0.05) is 0 Å². The van der Waals surface area contributed by atoms with Crippen molar-refractivity contribution in [2.75, 3.05) is 19.8 Å². The summed E-state index contributed by atoms with van der Waals surface area (Å²) >= 11 is 0. The molecule has 1 aliphatic heterocycles. The molecule has 0 radical (unpaired) electrons. The summed E-state index contributed by atoms with van der Waals surface area (Å²) in [6.45, 7) is 7.23. The molecule has 4 heteroatoms. The molecular formula is C10H20O4. The van der Waals surface area contributed by atoms with E-state index in [1.165, 1.54) is 0 Å². The third-order valence-electron chi connectivity index (χ3n) is 2.05. The Kier molecular flexibility index (Phi) is 4.31. The summed E-state index contributed by atoms with van der Waals surface area (Å²) in [5.41, 5.74) is 0. The highest BCUT2D eigenvalue weighted by molar-refractivity contribution is 4.70. The average molecular weight is 204 g/mol. The van der Waals surface area contributed by atoms with Gasteiger partial charge in [-0.2, -0.15) is 0 Å². The number of ether oxygens (including phenoxy) is 3. The van der Waals surface area contributed by atoms with Crippen LogP contribution in [0, 0.1) is 0 Å². The number of hydrogen-bond donors (Lipinski definition) is 1. The predicted octanol–water partition coefficient (Wildman–Crippen LogP) is 0.925. The van der Waals surface area contributed by atoms with Crippen molar-refractivity contribution < 1.29 is 19.3 Å². The van der Waals surface area contributed by atoms with E-state index >= 15 is 0 Å². The van der Waals surface area contributed by atoms with Gasteiger partial charge in [-0.25, -0.2) is 0 Å². The van der Waals surface area contributed by atoms with E-state index in [2.05, 4.69) is 0 Å². The first-order valence-electron chi connectivity index (χ1n) is 5.07. The number of rotatable bonds is 5. The molecule has 0 unspecified atom stereocenters. The van der Waals surface area contributed by atoms with Gasteiger partial charge in [0.25, 0.3) is 0 Å². The molecule has 0 bridgehead atoms. The van der Waals surface area contributed by atoms with E-state index in [9.17, 15) is 0 Å². The molecule has 0 aliphatic carbocycles.